The van der Waals surface area contributed by atoms with E-state index in [0.29, 0.717) is 6.54 Å². The van der Waals surface area contributed by atoms with Crippen LogP contribution in [0.25, 0.3) is 10.1 Å². The van der Waals surface area contributed by atoms with Crippen LogP contribution in [-0.4, -0.2) is 50.9 Å². The fourth-order valence-corrected chi connectivity index (χ4v) is 4.54. The number of nitrogens with zero attached hydrogens (tertiary/aromatic N) is 5. The second-order valence-corrected chi connectivity index (χ2v) is 7.87. The number of aromatic nitrogens is 3. The summed E-state index contributed by atoms with van der Waals surface area (Å²) < 4.78 is 7.96. The van der Waals surface area contributed by atoms with Crippen LogP contribution in [0.4, 0.5) is 5.82 Å². The van der Waals surface area contributed by atoms with E-state index in [-0.39, 0.29) is 24.2 Å². The molecule has 1 unspecified atom stereocenters. The Hall–Kier alpha value is -2.12. The van der Waals surface area contributed by atoms with Crippen molar-refractivity contribution in [2.45, 2.75) is 26.8 Å². The summed E-state index contributed by atoms with van der Waals surface area (Å²) in [7, 11) is 0. The number of hydrogen-bond acceptors (Lipinski definition) is 5. The molecule has 0 aliphatic carbocycles. The predicted octanol–water partition coefficient (Wildman–Crippen LogP) is 3.46. The zero-order valence-electron chi connectivity index (χ0n) is 16.2. The van der Waals surface area contributed by atoms with Gasteiger partial charge in [0.25, 0.3) is 0 Å². The molecule has 1 fully saturated rings. The summed E-state index contributed by atoms with van der Waals surface area (Å²) in [6.45, 7) is 7.96. The fraction of sp³-hybridized carbons (Fsp3) is 0.450. The highest BCUT2D eigenvalue weighted by molar-refractivity contribution is 7.13. The first-order chi connectivity index (χ1) is 13.2. The monoisotopic (exact) mass is 419 g/mol. The number of hydrogen-bond donors (Lipinski definition) is 0. The molecule has 6 nitrogen and oxygen atoms in total. The van der Waals surface area contributed by atoms with Crippen LogP contribution in [-0.2, 0) is 17.8 Å². The minimum Gasteiger partial charge on any atom is -0.352 e. The quantitative estimate of drug-likeness (QED) is 0.635. The molecule has 0 bridgehead atoms. The SMILES string of the molecule is CCc1nccn1CC(C)C(=O)N1CCN(c2nsc3ccccc23)CC1.Cl. The third-order valence-corrected chi connectivity index (χ3v) is 6.08. The molecule has 0 spiro atoms. The molecule has 3 aromatic rings. The maximum absolute atomic E-state index is 12.9. The maximum Gasteiger partial charge on any atom is 0.227 e. The van der Waals surface area contributed by atoms with Gasteiger partial charge >= 0.3 is 0 Å². The van der Waals surface area contributed by atoms with E-state index in [1.165, 1.54) is 10.1 Å². The number of carbonyl (C=O) groups is 1. The van der Waals surface area contributed by atoms with E-state index in [0.717, 1.165) is 44.2 Å². The topological polar surface area (TPSA) is 54.3 Å². The van der Waals surface area contributed by atoms with Crippen molar-refractivity contribution in [1.29, 1.82) is 0 Å². The van der Waals surface area contributed by atoms with Crippen molar-refractivity contribution in [1.82, 2.24) is 18.8 Å². The van der Waals surface area contributed by atoms with Crippen LogP contribution in [0.1, 0.15) is 19.7 Å². The van der Waals surface area contributed by atoms with E-state index < -0.39 is 0 Å². The maximum atomic E-state index is 12.9. The summed E-state index contributed by atoms with van der Waals surface area (Å²) >= 11 is 1.54. The molecule has 1 aliphatic heterocycles. The average Bonchev–Trinajstić information content (AvgIpc) is 3.34. The summed E-state index contributed by atoms with van der Waals surface area (Å²) in [6.07, 6.45) is 4.66. The van der Waals surface area contributed by atoms with Gasteiger partial charge in [-0.2, -0.15) is 4.37 Å². The molecule has 1 saturated heterocycles. The molecule has 3 heterocycles. The Bertz CT molecular complexity index is 931. The molecule has 0 N–H and O–H groups in total. The van der Waals surface area contributed by atoms with E-state index in [1.54, 1.807) is 11.5 Å². The highest BCUT2D eigenvalue weighted by Crippen LogP contribution is 2.30. The van der Waals surface area contributed by atoms with Crippen molar-refractivity contribution in [3.63, 3.8) is 0 Å². The molecule has 0 saturated carbocycles. The number of piperazine rings is 1. The molecule has 0 radical (unpaired) electrons. The first-order valence-electron chi connectivity index (χ1n) is 9.55. The number of fused-ring (bicyclic) bond motifs is 1. The largest absolute Gasteiger partial charge is 0.352 e. The number of halogens is 1. The van der Waals surface area contributed by atoms with Crippen LogP contribution >= 0.6 is 23.9 Å². The fourth-order valence-electron chi connectivity index (χ4n) is 3.74. The number of rotatable bonds is 5. The first kappa shape index (κ1) is 20.6. The molecule has 1 aliphatic rings. The summed E-state index contributed by atoms with van der Waals surface area (Å²) in [5.74, 6) is 2.28. The minimum atomic E-state index is -0.0452. The normalized spacial score (nSPS) is 15.5. The Morgan fingerprint density at radius 2 is 1.96 bits per heavy atom. The third-order valence-electron chi connectivity index (χ3n) is 5.26. The first-order valence-corrected chi connectivity index (χ1v) is 10.3. The molecular weight excluding hydrogens is 394 g/mol. The molecule has 1 amide bonds. The summed E-state index contributed by atoms with van der Waals surface area (Å²) in [4.78, 5) is 21.5. The van der Waals surface area contributed by atoms with Gasteiger partial charge in [0.05, 0.1) is 10.6 Å². The van der Waals surface area contributed by atoms with Gasteiger partial charge in [-0.25, -0.2) is 4.98 Å². The van der Waals surface area contributed by atoms with E-state index in [2.05, 4.69) is 43.9 Å². The Morgan fingerprint density at radius 1 is 1.21 bits per heavy atom. The molecule has 1 atom stereocenters. The second-order valence-electron chi connectivity index (χ2n) is 7.07. The van der Waals surface area contributed by atoms with Crippen LogP contribution in [0.15, 0.2) is 36.7 Å². The Labute approximate surface area is 175 Å². The van der Waals surface area contributed by atoms with Crippen molar-refractivity contribution >= 4 is 45.8 Å². The number of aryl methyl sites for hydroxylation is 1. The van der Waals surface area contributed by atoms with E-state index >= 15 is 0 Å². The van der Waals surface area contributed by atoms with Crippen molar-refractivity contribution in [2.24, 2.45) is 5.92 Å². The smallest absolute Gasteiger partial charge is 0.227 e. The van der Waals surface area contributed by atoms with Gasteiger partial charge < -0.3 is 14.4 Å². The van der Waals surface area contributed by atoms with Gasteiger partial charge in [-0.1, -0.05) is 26.0 Å². The van der Waals surface area contributed by atoms with Crippen molar-refractivity contribution < 1.29 is 4.79 Å². The third kappa shape index (κ3) is 4.00. The van der Waals surface area contributed by atoms with Crippen molar-refractivity contribution in [3.05, 3.63) is 42.5 Å². The zero-order chi connectivity index (χ0) is 18.8. The molecule has 1 aromatic carbocycles. The number of amides is 1. The van der Waals surface area contributed by atoms with E-state index in [9.17, 15) is 4.79 Å². The van der Waals surface area contributed by atoms with Crippen LogP contribution in [0, 0.1) is 5.92 Å². The minimum absolute atomic E-state index is 0. The summed E-state index contributed by atoms with van der Waals surface area (Å²) in [6, 6.07) is 8.34. The highest BCUT2D eigenvalue weighted by atomic mass is 35.5. The van der Waals surface area contributed by atoms with Gasteiger partial charge in [0.2, 0.25) is 5.91 Å². The van der Waals surface area contributed by atoms with E-state index in [4.69, 9.17) is 0 Å². The molecule has 150 valence electrons. The number of anilines is 1. The Kier molecular flexibility index (Phi) is 6.57. The van der Waals surface area contributed by atoms with Crippen LogP contribution < -0.4 is 4.90 Å². The second kappa shape index (κ2) is 8.92. The molecule has 28 heavy (non-hydrogen) atoms. The standard InChI is InChI=1S/C20H25N5OS.ClH/c1-3-18-21-8-9-25(18)14-15(2)20(26)24-12-10-23(11-13-24)19-16-6-4-5-7-17(16)27-22-19;/h4-9,15H,3,10-14H2,1-2H3;1H. The molecular formula is C20H26ClN5OS. The summed E-state index contributed by atoms with van der Waals surface area (Å²) in [5.41, 5.74) is 0. The van der Waals surface area contributed by atoms with Crippen molar-refractivity contribution in [2.75, 3.05) is 31.1 Å². The average molecular weight is 420 g/mol. The lowest BCUT2D eigenvalue weighted by Gasteiger charge is -2.36. The summed E-state index contributed by atoms with van der Waals surface area (Å²) in [5, 5.41) is 1.21. The zero-order valence-corrected chi connectivity index (χ0v) is 17.9. The predicted molar refractivity (Wildman–Crippen MR) is 116 cm³/mol. The van der Waals surface area contributed by atoms with Gasteiger partial charge in [0.15, 0.2) is 0 Å². The highest BCUT2D eigenvalue weighted by Gasteiger charge is 2.27. The van der Waals surface area contributed by atoms with E-state index in [1.807, 2.05) is 30.3 Å². The number of carbonyl (C=O) groups excluding carboxylic acids is 1. The lowest BCUT2D eigenvalue weighted by atomic mass is 10.1. The number of imidazole rings is 1. The van der Waals surface area contributed by atoms with Gasteiger partial charge in [0, 0.05) is 56.9 Å². The van der Waals surface area contributed by atoms with Gasteiger partial charge in [-0.15, -0.1) is 12.4 Å². The van der Waals surface area contributed by atoms with Crippen LogP contribution in [0.5, 0.6) is 0 Å². The lowest BCUT2D eigenvalue weighted by molar-refractivity contribution is -0.135. The molecule has 4 rings (SSSR count). The number of benzene rings is 1. The molecule has 2 aromatic heterocycles. The Balaban J connectivity index is 0.00000225. The van der Waals surface area contributed by atoms with Gasteiger partial charge in [-0.05, 0) is 23.7 Å². The lowest BCUT2D eigenvalue weighted by Crippen LogP contribution is -2.50. The van der Waals surface area contributed by atoms with Crippen LogP contribution in [0.2, 0.25) is 0 Å². The molecule has 8 heteroatoms. The Morgan fingerprint density at radius 3 is 2.71 bits per heavy atom. The van der Waals surface area contributed by atoms with Crippen LogP contribution in [0.3, 0.4) is 0 Å². The van der Waals surface area contributed by atoms with Gasteiger partial charge in [-0.3, -0.25) is 4.79 Å². The van der Waals surface area contributed by atoms with Crippen molar-refractivity contribution in [3.8, 4) is 0 Å². The van der Waals surface area contributed by atoms with Gasteiger partial charge in [0.1, 0.15) is 11.6 Å².